The van der Waals surface area contributed by atoms with E-state index in [9.17, 15) is 4.79 Å². The highest BCUT2D eigenvalue weighted by atomic mass is 79.9. The molecule has 0 aliphatic rings. The molecule has 0 aliphatic carbocycles. The van der Waals surface area contributed by atoms with Gasteiger partial charge in [0.2, 0.25) is 5.89 Å². The zero-order valence-corrected chi connectivity index (χ0v) is 14.3. The minimum Gasteiger partial charge on any atom is -0.422 e. The highest BCUT2D eigenvalue weighted by Gasteiger charge is 2.16. The van der Waals surface area contributed by atoms with Crippen LogP contribution in [0.1, 0.15) is 0 Å². The van der Waals surface area contributed by atoms with Gasteiger partial charge < -0.3 is 8.83 Å². The standard InChI is InChI=1S/C17H8BrClN2O3/c18-11-3-6-14-10(7-11)8-13(17(22)23-14)16-21-20-15(24-16)9-1-4-12(19)5-2-9/h1-8H. The molecule has 0 radical (unpaired) electrons. The van der Waals surface area contributed by atoms with Crippen LogP contribution in [0.3, 0.4) is 0 Å². The largest absolute Gasteiger partial charge is 0.422 e. The van der Waals surface area contributed by atoms with E-state index in [1.165, 1.54) is 0 Å². The number of aromatic nitrogens is 2. The second kappa shape index (κ2) is 5.89. The predicted molar refractivity (Wildman–Crippen MR) is 93.9 cm³/mol. The average Bonchev–Trinajstić information content (AvgIpc) is 3.05. The van der Waals surface area contributed by atoms with E-state index in [-0.39, 0.29) is 11.5 Å². The van der Waals surface area contributed by atoms with E-state index in [0.29, 0.717) is 22.1 Å². The molecule has 0 saturated carbocycles. The first-order valence-electron chi connectivity index (χ1n) is 6.93. The van der Waals surface area contributed by atoms with Gasteiger partial charge in [-0.2, -0.15) is 0 Å². The fraction of sp³-hybridized carbons (Fsp3) is 0. The van der Waals surface area contributed by atoms with Gasteiger partial charge in [0.25, 0.3) is 5.89 Å². The lowest BCUT2D eigenvalue weighted by Gasteiger charge is -1.99. The molecule has 0 N–H and O–H groups in total. The van der Waals surface area contributed by atoms with E-state index in [2.05, 4.69) is 26.1 Å². The van der Waals surface area contributed by atoms with Crippen LogP contribution in [0.2, 0.25) is 5.02 Å². The van der Waals surface area contributed by atoms with E-state index in [4.69, 9.17) is 20.4 Å². The van der Waals surface area contributed by atoms with Crippen LogP contribution in [-0.4, -0.2) is 10.2 Å². The number of hydrogen-bond acceptors (Lipinski definition) is 5. The van der Waals surface area contributed by atoms with Crippen molar-refractivity contribution in [3.05, 3.63) is 68.4 Å². The molecule has 2 aromatic carbocycles. The first kappa shape index (κ1) is 15.1. The first-order valence-corrected chi connectivity index (χ1v) is 8.10. The molecule has 0 fully saturated rings. The maximum absolute atomic E-state index is 12.2. The fourth-order valence-corrected chi connectivity index (χ4v) is 2.79. The number of hydrogen-bond donors (Lipinski definition) is 0. The number of benzene rings is 2. The fourth-order valence-electron chi connectivity index (χ4n) is 2.28. The second-order valence-electron chi connectivity index (χ2n) is 5.05. The van der Waals surface area contributed by atoms with Gasteiger partial charge in [0.15, 0.2) is 0 Å². The SMILES string of the molecule is O=c1oc2ccc(Br)cc2cc1-c1nnc(-c2ccc(Cl)cc2)o1. The maximum Gasteiger partial charge on any atom is 0.349 e. The Morgan fingerprint density at radius 3 is 2.46 bits per heavy atom. The van der Waals surface area contributed by atoms with Crippen LogP contribution in [0.25, 0.3) is 33.9 Å². The molecule has 2 aromatic heterocycles. The van der Waals surface area contributed by atoms with Gasteiger partial charge in [-0.1, -0.05) is 27.5 Å². The smallest absolute Gasteiger partial charge is 0.349 e. The van der Waals surface area contributed by atoms with Crippen molar-refractivity contribution in [3.8, 4) is 22.9 Å². The molecule has 0 aliphatic heterocycles. The van der Waals surface area contributed by atoms with Crippen molar-refractivity contribution in [1.82, 2.24) is 10.2 Å². The Hall–Kier alpha value is -2.44. The molecule has 0 saturated heterocycles. The molecule has 4 rings (SSSR count). The van der Waals surface area contributed by atoms with Crippen LogP contribution in [0, 0.1) is 0 Å². The number of nitrogens with zero attached hydrogens (tertiary/aromatic N) is 2. The summed E-state index contributed by atoms with van der Waals surface area (Å²) in [6, 6.07) is 14.0. The van der Waals surface area contributed by atoms with E-state index in [1.54, 1.807) is 42.5 Å². The Labute approximate surface area is 149 Å². The van der Waals surface area contributed by atoms with Gasteiger partial charge in [-0.15, -0.1) is 10.2 Å². The van der Waals surface area contributed by atoms with Crippen molar-refractivity contribution in [2.24, 2.45) is 0 Å². The van der Waals surface area contributed by atoms with Crippen LogP contribution < -0.4 is 5.63 Å². The van der Waals surface area contributed by atoms with Gasteiger partial charge >= 0.3 is 5.63 Å². The van der Waals surface area contributed by atoms with Crippen molar-refractivity contribution < 1.29 is 8.83 Å². The third-order valence-electron chi connectivity index (χ3n) is 3.44. The van der Waals surface area contributed by atoms with Crippen LogP contribution in [0.4, 0.5) is 0 Å². The Kier molecular flexibility index (Phi) is 3.70. The van der Waals surface area contributed by atoms with Gasteiger partial charge in [-0.25, -0.2) is 4.79 Å². The van der Waals surface area contributed by atoms with E-state index in [1.807, 2.05) is 6.07 Å². The van der Waals surface area contributed by atoms with Gasteiger partial charge in [0, 0.05) is 20.4 Å². The lowest BCUT2D eigenvalue weighted by Crippen LogP contribution is -2.02. The average molecular weight is 404 g/mol. The van der Waals surface area contributed by atoms with Crippen molar-refractivity contribution >= 4 is 38.5 Å². The molecule has 0 bridgehead atoms. The number of fused-ring (bicyclic) bond motifs is 1. The van der Waals surface area contributed by atoms with Crippen LogP contribution in [0.15, 0.2) is 66.6 Å². The van der Waals surface area contributed by atoms with Gasteiger partial charge in [-0.3, -0.25) is 0 Å². The lowest BCUT2D eigenvalue weighted by atomic mass is 10.2. The molecule has 0 atom stereocenters. The van der Waals surface area contributed by atoms with E-state index >= 15 is 0 Å². The summed E-state index contributed by atoms with van der Waals surface area (Å²) in [6.45, 7) is 0. The molecular weight excluding hydrogens is 396 g/mol. The molecule has 7 heteroatoms. The first-order chi connectivity index (χ1) is 11.6. The highest BCUT2D eigenvalue weighted by Crippen LogP contribution is 2.26. The molecule has 5 nitrogen and oxygen atoms in total. The second-order valence-corrected chi connectivity index (χ2v) is 6.40. The Bertz CT molecular complexity index is 1100. The van der Waals surface area contributed by atoms with E-state index < -0.39 is 5.63 Å². The quantitative estimate of drug-likeness (QED) is 0.444. The molecule has 0 amide bonds. The number of rotatable bonds is 2. The summed E-state index contributed by atoms with van der Waals surface area (Å²) in [5.74, 6) is 0.408. The summed E-state index contributed by atoms with van der Waals surface area (Å²) in [6.07, 6.45) is 0. The van der Waals surface area contributed by atoms with Gasteiger partial charge in [-0.05, 0) is 48.5 Å². The normalized spacial score (nSPS) is 11.1. The molecular formula is C17H8BrClN2O3. The zero-order chi connectivity index (χ0) is 16.7. The molecule has 4 aromatic rings. The summed E-state index contributed by atoms with van der Waals surface area (Å²) in [7, 11) is 0. The summed E-state index contributed by atoms with van der Waals surface area (Å²) < 4.78 is 11.8. The van der Waals surface area contributed by atoms with Gasteiger partial charge in [0.1, 0.15) is 11.1 Å². The number of halogens is 2. The summed E-state index contributed by atoms with van der Waals surface area (Å²) in [5.41, 5.74) is 0.889. The van der Waals surface area contributed by atoms with Gasteiger partial charge in [0.05, 0.1) is 0 Å². The van der Waals surface area contributed by atoms with Crippen LogP contribution in [-0.2, 0) is 0 Å². The van der Waals surface area contributed by atoms with Crippen molar-refractivity contribution in [2.45, 2.75) is 0 Å². The topological polar surface area (TPSA) is 69.1 Å². The molecule has 118 valence electrons. The van der Waals surface area contributed by atoms with Crippen molar-refractivity contribution in [2.75, 3.05) is 0 Å². The van der Waals surface area contributed by atoms with Crippen LogP contribution >= 0.6 is 27.5 Å². The Balaban J connectivity index is 1.81. The molecule has 0 unspecified atom stereocenters. The Morgan fingerprint density at radius 2 is 1.67 bits per heavy atom. The third-order valence-corrected chi connectivity index (χ3v) is 4.19. The lowest BCUT2D eigenvalue weighted by molar-refractivity contribution is 0.547. The summed E-state index contributed by atoms with van der Waals surface area (Å²) in [4.78, 5) is 12.2. The highest BCUT2D eigenvalue weighted by molar-refractivity contribution is 9.10. The maximum atomic E-state index is 12.2. The molecule has 24 heavy (non-hydrogen) atoms. The third kappa shape index (κ3) is 2.74. The van der Waals surface area contributed by atoms with Crippen LogP contribution in [0.5, 0.6) is 0 Å². The predicted octanol–water partition coefficient (Wildman–Crippen LogP) is 4.93. The molecule has 0 spiro atoms. The Morgan fingerprint density at radius 1 is 0.917 bits per heavy atom. The summed E-state index contributed by atoms with van der Waals surface area (Å²) in [5, 5.41) is 9.30. The van der Waals surface area contributed by atoms with E-state index in [0.717, 1.165) is 9.86 Å². The molecule has 2 heterocycles. The minimum absolute atomic E-state index is 0.107. The summed E-state index contributed by atoms with van der Waals surface area (Å²) >= 11 is 9.26. The van der Waals surface area contributed by atoms with Crippen molar-refractivity contribution in [3.63, 3.8) is 0 Å². The zero-order valence-electron chi connectivity index (χ0n) is 12.0. The van der Waals surface area contributed by atoms with Crippen molar-refractivity contribution in [1.29, 1.82) is 0 Å². The monoisotopic (exact) mass is 402 g/mol. The minimum atomic E-state index is -0.531.